The number of nitrogens with zero attached hydrogens (tertiary/aromatic N) is 2. The van der Waals surface area contributed by atoms with Crippen LogP contribution in [0.1, 0.15) is 25.5 Å². The van der Waals surface area contributed by atoms with Crippen LogP contribution in [-0.4, -0.2) is 35.0 Å². The molecular formula is C13H20N2O3S. The third-order valence-corrected chi connectivity index (χ3v) is 5.22. The molecule has 1 fully saturated rings. The molecule has 106 valence electrons. The molecule has 0 amide bonds. The van der Waals surface area contributed by atoms with Crippen LogP contribution in [0.4, 0.5) is 0 Å². The van der Waals surface area contributed by atoms with Crippen LogP contribution < -0.4 is 0 Å². The van der Waals surface area contributed by atoms with Gasteiger partial charge in [-0.15, -0.1) is 6.58 Å². The SMILES string of the molecule is C=CCN(C1CC1)S(=O)(=O)c1cc(CO)n(CC)c1. The zero-order chi connectivity index (χ0) is 14.0. The molecule has 1 aliphatic rings. The summed E-state index contributed by atoms with van der Waals surface area (Å²) in [6.07, 6.45) is 5.03. The van der Waals surface area contributed by atoms with Crippen LogP contribution >= 0.6 is 0 Å². The first kappa shape index (κ1) is 14.3. The molecule has 2 rings (SSSR count). The lowest BCUT2D eigenvalue weighted by atomic mass is 10.4. The molecule has 1 N–H and O–H groups in total. The number of rotatable bonds is 7. The van der Waals surface area contributed by atoms with Gasteiger partial charge in [0.05, 0.1) is 6.61 Å². The summed E-state index contributed by atoms with van der Waals surface area (Å²) in [4.78, 5) is 0.257. The highest BCUT2D eigenvalue weighted by Gasteiger charge is 2.37. The summed E-state index contributed by atoms with van der Waals surface area (Å²) in [6, 6.07) is 1.66. The minimum absolute atomic E-state index is 0.102. The van der Waals surface area contributed by atoms with Crippen LogP contribution in [0.2, 0.25) is 0 Å². The van der Waals surface area contributed by atoms with Gasteiger partial charge in [-0.3, -0.25) is 0 Å². The predicted molar refractivity (Wildman–Crippen MR) is 73.1 cm³/mol. The Hall–Kier alpha value is -1.11. The van der Waals surface area contributed by atoms with E-state index in [4.69, 9.17) is 0 Å². The van der Waals surface area contributed by atoms with Crippen molar-refractivity contribution in [2.45, 2.75) is 43.9 Å². The van der Waals surface area contributed by atoms with Gasteiger partial charge in [-0.05, 0) is 25.8 Å². The zero-order valence-corrected chi connectivity index (χ0v) is 11.9. The fourth-order valence-corrected chi connectivity index (χ4v) is 3.88. The Kier molecular flexibility index (Phi) is 4.13. The number of aryl methyl sites for hydroxylation is 1. The first-order valence-corrected chi connectivity index (χ1v) is 7.91. The molecule has 0 bridgehead atoms. The van der Waals surface area contributed by atoms with Gasteiger partial charge in [0.25, 0.3) is 0 Å². The van der Waals surface area contributed by atoms with E-state index in [9.17, 15) is 13.5 Å². The Labute approximate surface area is 114 Å². The van der Waals surface area contributed by atoms with Gasteiger partial charge in [-0.25, -0.2) is 8.42 Å². The van der Waals surface area contributed by atoms with Crippen LogP contribution in [0.5, 0.6) is 0 Å². The molecule has 0 saturated heterocycles. The first-order valence-electron chi connectivity index (χ1n) is 6.47. The van der Waals surface area contributed by atoms with Gasteiger partial charge >= 0.3 is 0 Å². The highest BCUT2D eigenvalue weighted by molar-refractivity contribution is 7.89. The van der Waals surface area contributed by atoms with E-state index in [1.807, 2.05) is 6.92 Å². The number of aromatic nitrogens is 1. The summed E-state index contributed by atoms with van der Waals surface area (Å²) in [6.45, 7) is 6.35. The summed E-state index contributed by atoms with van der Waals surface area (Å²) < 4.78 is 28.4. The standard InChI is InChI=1S/C13H20N2O3S/c1-3-7-15(11-5-6-11)19(17,18)13-8-12(10-16)14(4-2)9-13/h3,8-9,11,16H,1,4-7,10H2,2H3. The quantitative estimate of drug-likeness (QED) is 0.769. The topological polar surface area (TPSA) is 62.5 Å². The molecule has 1 aromatic rings. The Morgan fingerprint density at radius 1 is 1.58 bits per heavy atom. The number of hydrogen-bond donors (Lipinski definition) is 1. The zero-order valence-electron chi connectivity index (χ0n) is 11.1. The van der Waals surface area contributed by atoms with Gasteiger partial charge < -0.3 is 9.67 Å². The average molecular weight is 284 g/mol. The van der Waals surface area contributed by atoms with Crippen LogP contribution in [0.25, 0.3) is 0 Å². The second-order valence-electron chi connectivity index (χ2n) is 4.71. The van der Waals surface area contributed by atoms with Crippen molar-refractivity contribution in [3.05, 3.63) is 30.6 Å². The lowest BCUT2D eigenvalue weighted by Crippen LogP contribution is -2.33. The molecule has 0 aliphatic heterocycles. The van der Waals surface area contributed by atoms with Gasteiger partial charge in [0.2, 0.25) is 10.0 Å². The molecule has 19 heavy (non-hydrogen) atoms. The smallest absolute Gasteiger partial charge is 0.245 e. The van der Waals surface area contributed by atoms with E-state index in [0.29, 0.717) is 18.8 Å². The second-order valence-corrected chi connectivity index (χ2v) is 6.60. The van der Waals surface area contributed by atoms with Gasteiger partial charge in [-0.2, -0.15) is 4.31 Å². The van der Waals surface area contributed by atoms with Crippen LogP contribution in [0, 0.1) is 0 Å². The van der Waals surface area contributed by atoms with Crippen molar-refractivity contribution < 1.29 is 13.5 Å². The van der Waals surface area contributed by atoms with Crippen LogP contribution in [0.3, 0.4) is 0 Å². The van der Waals surface area contributed by atoms with Crippen molar-refractivity contribution in [3.63, 3.8) is 0 Å². The minimum Gasteiger partial charge on any atom is -0.390 e. The Balaban J connectivity index is 2.37. The van der Waals surface area contributed by atoms with E-state index < -0.39 is 10.0 Å². The second kappa shape index (κ2) is 5.48. The first-order chi connectivity index (χ1) is 9.04. The third-order valence-electron chi connectivity index (χ3n) is 3.33. The van der Waals surface area contributed by atoms with E-state index in [2.05, 4.69) is 6.58 Å². The molecule has 0 radical (unpaired) electrons. The van der Waals surface area contributed by atoms with Crippen molar-refractivity contribution in [1.29, 1.82) is 0 Å². The maximum Gasteiger partial charge on any atom is 0.245 e. The molecule has 1 heterocycles. The summed E-state index contributed by atoms with van der Waals surface area (Å²) in [5.74, 6) is 0. The fourth-order valence-electron chi connectivity index (χ4n) is 2.16. The van der Waals surface area contributed by atoms with Crippen LogP contribution in [0.15, 0.2) is 29.8 Å². The third kappa shape index (κ3) is 2.75. The summed E-state index contributed by atoms with van der Waals surface area (Å²) in [5.41, 5.74) is 0.621. The number of hydrogen-bond acceptors (Lipinski definition) is 3. The highest BCUT2D eigenvalue weighted by atomic mass is 32.2. The van der Waals surface area contributed by atoms with E-state index in [1.54, 1.807) is 22.9 Å². The molecule has 0 spiro atoms. The largest absolute Gasteiger partial charge is 0.390 e. The fraction of sp³-hybridized carbons (Fsp3) is 0.538. The molecule has 0 unspecified atom stereocenters. The van der Waals surface area contributed by atoms with Crippen molar-refractivity contribution in [3.8, 4) is 0 Å². The van der Waals surface area contributed by atoms with Gasteiger partial charge in [-0.1, -0.05) is 6.08 Å². The van der Waals surface area contributed by atoms with Crippen LogP contribution in [-0.2, 0) is 23.2 Å². The van der Waals surface area contributed by atoms with Crippen molar-refractivity contribution in [2.75, 3.05) is 6.54 Å². The van der Waals surface area contributed by atoms with E-state index >= 15 is 0 Å². The Morgan fingerprint density at radius 3 is 2.68 bits per heavy atom. The lowest BCUT2D eigenvalue weighted by Gasteiger charge is -2.19. The van der Waals surface area contributed by atoms with Crippen molar-refractivity contribution in [2.24, 2.45) is 0 Å². The maximum absolute atomic E-state index is 12.6. The monoisotopic (exact) mass is 284 g/mol. The predicted octanol–water partition coefficient (Wildman–Crippen LogP) is 1.34. The molecule has 6 heteroatoms. The van der Waals surface area contributed by atoms with Crippen molar-refractivity contribution >= 4 is 10.0 Å². The molecule has 0 aromatic carbocycles. The highest BCUT2D eigenvalue weighted by Crippen LogP contribution is 2.32. The maximum atomic E-state index is 12.6. The van der Waals surface area contributed by atoms with E-state index in [0.717, 1.165) is 12.8 Å². The molecular weight excluding hydrogens is 264 g/mol. The van der Waals surface area contributed by atoms with Gasteiger partial charge in [0.15, 0.2) is 0 Å². The molecule has 1 aliphatic carbocycles. The molecule has 1 aromatic heterocycles. The average Bonchev–Trinajstić information content (AvgIpc) is 3.12. The molecule has 0 atom stereocenters. The Bertz CT molecular complexity index is 537. The van der Waals surface area contributed by atoms with E-state index in [-0.39, 0.29) is 17.5 Å². The number of aliphatic hydroxyl groups is 1. The van der Waals surface area contributed by atoms with Gasteiger partial charge in [0, 0.05) is 31.0 Å². The Morgan fingerprint density at radius 2 is 2.26 bits per heavy atom. The van der Waals surface area contributed by atoms with E-state index in [1.165, 1.54) is 4.31 Å². The summed E-state index contributed by atoms with van der Waals surface area (Å²) in [5, 5.41) is 9.25. The summed E-state index contributed by atoms with van der Waals surface area (Å²) in [7, 11) is -3.49. The lowest BCUT2D eigenvalue weighted by molar-refractivity contribution is 0.271. The summed E-state index contributed by atoms with van der Waals surface area (Å²) >= 11 is 0. The normalized spacial score (nSPS) is 15.9. The van der Waals surface area contributed by atoms with Gasteiger partial charge in [0.1, 0.15) is 4.90 Å². The number of aliphatic hydroxyl groups excluding tert-OH is 1. The minimum atomic E-state index is -3.49. The number of sulfonamides is 1. The van der Waals surface area contributed by atoms with Crippen molar-refractivity contribution in [1.82, 2.24) is 8.87 Å². The molecule has 1 saturated carbocycles. The molecule has 5 nitrogen and oxygen atoms in total.